The van der Waals surface area contributed by atoms with Gasteiger partial charge in [-0.3, -0.25) is 10.1 Å². The maximum Gasteiger partial charge on any atom is 0.272 e. The van der Waals surface area contributed by atoms with Gasteiger partial charge >= 0.3 is 0 Å². The van der Waals surface area contributed by atoms with Crippen molar-refractivity contribution in [2.24, 2.45) is 0 Å². The second-order valence-electron chi connectivity index (χ2n) is 4.39. The first-order valence-electron chi connectivity index (χ1n) is 6.23. The summed E-state index contributed by atoms with van der Waals surface area (Å²) >= 11 is 0. The van der Waals surface area contributed by atoms with Crippen molar-refractivity contribution in [2.45, 2.75) is 20.0 Å². The molecule has 0 amide bonds. The molecule has 0 radical (unpaired) electrons. The molecule has 7 heteroatoms. The molecule has 20 heavy (non-hydrogen) atoms. The van der Waals surface area contributed by atoms with E-state index in [1.807, 2.05) is 13.1 Å². The van der Waals surface area contributed by atoms with Gasteiger partial charge in [0.15, 0.2) is 0 Å². The molecular formula is C13H15FN4O2. The molecule has 2 aromatic rings. The number of aromatic nitrogens is 2. The van der Waals surface area contributed by atoms with Crippen LogP contribution in [0.15, 0.2) is 30.7 Å². The summed E-state index contributed by atoms with van der Waals surface area (Å²) in [5.41, 5.74) is 1.16. The number of nitro groups is 1. The molecule has 0 bridgehead atoms. The molecule has 0 saturated carbocycles. The lowest BCUT2D eigenvalue weighted by molar-refractivity contribution is -0.385. The van der Waals surface area contributed by atoms with E-state index in [-0.39, 0.29) is 5.69 Å². The summed E-state index contributed by atoms with van der Waals surface area (Å²) in [6, 6.07) is 3.57. The molecule has 6 nitrogen and oxygen atoms in total. The lowest BCUT2D eigenvalue weighted by Crippen LogP contribution is -2.11. The van der Waals surface area contributed by atoms with E-state index in [2.05, 4.69) is 10.3 Å². The highest BCUT2D eigenvalue weighted by atomic mass is 19.1. The van der Waals surface area contributed by atoms with Gasteiger partial charge in [0.1, 0.15) is 5.82 Å². The maximum atomic E-state index is 13.3. The average molecular weight is 278 g/mol. The minimum absolute atomic E-state index is 0.243. The van der Waals surface area contributed by atoms with Crippen LogP contribution in [0.5, 0.6) is 0 Å². The van der Waals surface area contributed by atoms with Crippen molar-refractivity contribution in [1.29, 1.82) is 0 Å². The summed E-state index contributed by atoms with van der Waals surface area (Å²) < 4.78 is 15.1. The van der Waals surface area contributed by atoms with E-state index >= 15 is 0 Å². The zero-order chi connectivity index (χ0) is 14.5. The van der Waals surface area contributed by atoms with Gasteiger partial charge in [0.05, 0.1) is 23.0 Å². The lowest BCUT2D eigenvalue weighted by atomic mass is 10.2. The molecule has 2 rings (SSSR count). The number of hydrogen-bond acceptors (Lipinski definition) is 4. The van der Waals surface area contributed by atoms with Gasteiger partial charge < -0.3 is 9.88 Å². The fourth-order valence-corrected chi connectivity index (χ4v) is 1.88. The number of halogens is 1. The van der Waals surface area contributed by atoms with E-state index in [0.29, 0.717) is 18.7 Å². The van der Waals surface area contributed by atoms with Crippen molar-refractivity contribution < 1.29 is 9.31 Å². The molecule has 0 atom stereocenters. The van der Waals surface area contributed by atoms with Crippen LogP contribution in [-0.2, 0) is 13.1 Å². The molecule has 1 aromatic heterocycles. The average Bonchev–Trinajstić information content (AvgIpc) is 2.83. The van der Waals surface area contributed by atoms with Gasteiger partial charge in [-0.05, 0) is 18.2 Å². The smallest absolute Gasteiger partial charge is 0.272 e. The van der Waals surface area contributed by atoms with Gasteiger partial charge in [-0.1, -0.05) is 6.92 Å². The van der Waals surface area contributed by atoms with Gasteiger partial charge in [-0.15, -0.1) is 0 Å². The van der Waals surface area contributed by atoms with Crippen LogP contribution in [0.4, 0.5) is 10.1 Å². The van der Waals surface area contributed by atoms with Crippen LogP contribution >= 0.6 is 0 Å². The monoisotopic (exact) mass is 278 g/mol. The molecule has 0 saturated heterocycles. The Labute approximate surface area is 115 Å². The predicted octanol–water partition coefficient (Wildman–Crippen LogP) is 2.09. The molecule has 1 aromatic carbocycles. The van der Waals surface area contributed by atoms with Crippen LogP contribution in [-0.4, -0.2) is 21.0 Å². The zero-order valence-electron chi connectivity index (χ0n) is 11.0. The molecule has 106 valence electrons. The van der Waals surface area contributed by atoms with Crippen molar-refractivity contribution >= 4 is 5.69 Å². The van der Waals surface area contributed by atoms with Crippen LogP contribution < -0.4 is 5.32 Å². The van der Waals surface area contributed by atoms with Crippen molar-refractivity contribution in [3.8, 4) is 0 Å². The van der Waals surface area contributed by atoms with Crippen LogP contribution in [0.1, 0.15) is 18.2 Å². The Morgan fingerprint density at radius 1 is 1.45 bits per heavy atom. The SMILES string of the molecule is CCNCc1cn(Cc2cc(F)cc([N+](=O)[O-])c2)cn1. The van der Waals surface area contributed by atoms with Crippen molar-refractivity contribution in [3.05, 3.63) is 57.9 Å². The number of benzene rings is 1. The van der Waals surface area contributed by atoms with Gasteiger partial charge in [0.2, 0.25) is 0 Å². The Kier molecular flexibility index (Phi) is 4.41. The summed E-state index contributed by atoms with van der Waals surface area (Å²) in [6.45, 7) is 3.86. The molecule has 1 N–H and O–H groups in total. The summed E-state index contributed by atoms with van der Waals surface area (Å²) in [5, 5.41) is 13.8. The Morgan fingerprint density at radius 2 is 2.25 bits per heavy atom. The Balaban J connectivity index is 2.13. The first-order chi connectivity index (χ1) is 9.58. The van der Waals surface area contributed by atoms with E-state index in [1.165, 1.54) is 12.1 Å². The highest BCUT2D eigenvalue weighted by Crippen LogP contribution is 2.17. The maximum absolute atomic E-state index is 13.3. The molecule has 1 heterocycles. The third kappa shape index (κ3) is 3.61. The highest BCUT2D eigenvalue weighted by Gasteiger charge is 2.10. The molecular weight excluding hydrogens is 263 g/mol. The fraction of sp³-hybridized carbons (Fsp3) is 0.308. The summed E-state index contributed by atoms with van der Waals surface area (Å²) in [6.07, 6.45) is 3.46. The second kappa shape index (κ2) is 6.25. The summed E-state index contributed by atoms with van der Waals surface area (Å²) in [5.74, 6) is -0.609. The lowest BCUT2D eigenvalue weighted by Gasteiger charge is -2.03. The minimum Gasteiger partial charge on any atom is -0.333 e. The van der Waals surface area contributed by atoms with E-state index in [1.54, 1.807) is 10.9 Å². The van der Waals surface area contributed by atoms with E-state index in [0.717, 1.165) is 18.3 Å². The third-order valence-corrected chi connectivity index (χ3v) is 2.76. The number of non-ortho nitro benzene ring substituents is 1. The molecule has 0 aliphatic carbocycles. The fourth-order valence-electron chi connectivity index (χ4n) is 1.88. The largest absolute Gasteiger partial charge is 0.333 e. The molecule has 0 unspecified atom stereocenters. The van der Waals surface area contributed by atoms with Crippen LogP contribution in [0, 0.1) is 15.9 Å². The topological polar surface area (TPSA) is 73.0 Å². The quantitative estimate of drug-likeness (QED) is 0.648. The van der Waals surface area contributed by atoms with Crippen molar-refractivity contribution in [2.75, 3.05) is 6.54 Å². The second-order valence-corrected chi connectivity index (χ2v) is 4.39. The number of hydrogen-bond donors (Lipinski definition) is 1. The van der Waals surface area contributed by atoms with Gasteiger partial charge in [-0.25, -0.2) is 9.37 Å². The normalized spacial score (nSPS) is 10.7. The minimum atomic E-state index is -0.609. The highest BCUT2D eigenvalue weighted by molar-refractivity contribution is 5.35. The van der Waals surface area contributed by atoms with Gasteiger partial charge in [0, 0.05) is 25.4 Å². The molecule has 0 aliphatic heterocycles. The first kappa shape index (κ1) is 14.1. The van der Waals surface area contributed by atoms with Gasteiger partial charge in [0.25, 0.3) is 5.69 Å². The standard InChI is InChI=1S/C13H15FN4O2/c1-2-15-6-12-8-17(9-16-12)7-10-3-11(14)5-13(4-10)18(19)20/h3-5,8-9,15H,2,6-7H2,1H3. The number of nitrogens with one attached hydrogen (secondary N) is 1. The van der Waals surface area contributed by atoms with E-state index in [9.17, 15) is 14.5 Å². The third-order valence-electron chi connectivity index (χ3n) is 2.76. The molecule has 0 spiro atoms. The molecule has 0 fully saturated rings. The Bertz CT molecular complexity index is 612. The Morgan fingerprint density at radius 3 is 2.95 bits per heavy atom. The number of nitro benzene ring substituents is 1. The van der Waals surface area contributed by atoms with E-state index < -0.39 is 10.7 Å². The zero-order valence-corrected chi connectivity index (χ0v) is 11.0. The predicted molar refractivity (Wildman–Crippen MR) is 71.8 cm³/mol. The number of nitrogens with zero attached hydrogens (tertiary/aromatic N) is 3. The van der Waals surface area contributed by atoms with E-state index in [4.69, 9.17) is 0 Å². The van der Waals surface area contributed by atoms with Crippen LogP contribution in [0.25, 0.3) is 0 Å². The summed E-state index contributed by atoms with van der Waals surface area (Å²) in [7, 11) is 0. The van der Waals surface area contributed by atoms with Crippen molar-refractivity contribution in [1.82, 2.24) is 14.9 Å². The first-order valence-corrected chi connectivity index (χ1v) is 6.23. The molecule has 0 aliphatic rings. The van der Waals surface area contributed by atoms with Crippen LogP contribution in [0.3, 0.4) is 0 Å². The van der Waals surface area contributed by atoms with Crippen LogP contribution in [0.2, 0.25) is 0 Å². The number of imidazole rings is 1. The van der Waals surface area contributed by atoms with Crippen molar-refractivity contribution in [3.63, 3.8) is 0 Å². The van der Waals surface area contributed by atoms with Gasteiger partial charge in [-0.2, -0.15) is 0 Å². The number of rotatable bonds is 6. The Hall–Kier alpha value is -2.28. The summed E-state index contributed by atoms with van der Waals surface area (Å²) in [4.78, 5) is 14.3.